The minimum atomic E-state index is -0.00535. The Morgan fingerprint density at radius 3 is 2.64 bits per heavy atom. The second-order valence-electron chi connectivity index (χ2n) is 4.24. The number of hydrogen-bond donors (Lipinski definition) is 2. The van der Waals surface area contributed by atoms with Crippen LogP contribution in [0.2, 0.25) is 5.15 Å². The highest BCUT2D eigenvalue weighted by Gasteiger charge is 2.12. The van der Waals surface area contributed by atoms with Gasteiger partial charge in [0.15, 0.2) is 0 Å². The summed E-state index contributed by atoms with van der Waals surface area (Å²) in [6, 6.07) is 1.80. The first-order chi connectivity index (χ1) is 6.42. The van der Waals surface area contributed by atoms with Gasteiger partial charge in [-0.3, -0.25) is 0 Å². The van der Waals surface area contributed by atoms with E-state index < -0.39 is 0 Å². The van der Waals surface area contributed by atoms with E-state index in [1.54, 1.807) is 12.3 Å². The second-order valence-corrected chi connectivity index (χ2v) is 4.63. The summed E-state index contributed by atoms with van der Waals surface area (Å²) in [7, 11) is 0. The second kappa shape index (κ2) is 4.15. The third-order valence-corrected chi connectivity index (χ3v) is 1.89. The molecule has 1 aromatic rings. The van der Waals surface area contributed by atoms with Crippen LogP contribution in [0.5, 0.6) is 0 Å². The van der Waals surface area contributed by atoms with Gasteiger partial charge in [0.2, 0.25) is 0 Å². The molecule has 3 nitrogen and oxygen atoms in total. The molecular formula is C10H16ClN3. The topological polar surface area (TPSA) is 50.9 Å². The van der Waals surface area contributed by atoms with E-state index in [-0.39, 0.29) is 5.54 Å². The SMILES string of the molecule is CC(C)(C)Nc1cc(Cl)ncc1CN. The van der Waals surface area contributed by atoms with E-state index in [9.17, 15) is 0 Å². The smallest absolute Gasteiger partial charge is 0.131 e. The van der Waals surface area contributed by atoms with E-state index >= 15 is 0 Å². The van der Waals surface area contributed by atoms with E-state index in [0.29, 0.717) is 11.7 Å². The van der Waals surface area contributed by atoms with E-state index in [2.05, 4.69) is 31.1 Å². The predicted octanol–water partition coefficient (Wildman–Crippen LogP) is 2.40. The standard InChI is InChI=1S/C10H16ClN3/c1-10(2,3)14-8-4-9(11)13-6-7(8)5-12/h4,6H,5,12H2,1-3H3,(H,13,14). The fraction of sp³-hybridized carbons (Fsp3) is 0.500. The third-order valence-electron chi connectivity index (χ3n) is 1.68. The van der Waals surface area contributed by atoms with Crippen molar-refractivity contribution >= 4 is 17.3 Å². The molecule has 0 atom stereocenters. The van der Waals surface area contributed by atoms with Crippen LogP contribution in [0.25, 0.3) is 0 Å². The van der Waals surface area contributed by atoms with Crippen LogP contribution >= 0.6 is 11.6 Å². The van der Waals surface area contributed by atoms with Gasteiger partial charge >= 0.3 is 0 Å². The van der Waals surface area contributed by atoms with Gasteiger partial charge in [0.25, 0.3) is 0 Å². The van der Waals surface area contributed by atoms with Crippen LogP contribution in [0.3, 0.4) is 0 Å². The third kappa shape index (κ3) is 3.16. The van der Waals surface area contributed by atoms with Crippen LogP contribution in [-0.4, -0.2) is 10.5 Å². The summed E-state index contributed by atoms with van der Waals surface area (Å²) in [5, 5.41) is 3.82. The summed E-state index contributed by atoms with van der Waals surface area (Å²) in [5.41, 5.74) is 7.53. The van der Waals surface area contributed by atoms with Crippen molar-refractivity contribution < 1.29 is 0 Å². The van der Waals surface area contributed by atoms with Crippen LogP contribution in [0.1, 0.15) is 26.3 Å². The molecule has 0 aliphatic carbocycles. The molecule has 0 spiro atoms. The summed E-state index contributed by atoms with van der Waals surface area (Å²) >= 11 is 5.81. The average Bonchev–Trinajstić information content (AvgIpc) is 2.01. The summed E-state index contributed by atoms with van der Waals surface area (Å²) in [6.45, 7) is 6.72. The lowest BCUT2D eigenvalue weighted by Gasteiger charge is -2.23. The molecule has 1 heterocycles. The van der Waals surface area contributed by atoms with Crippen molar-refractivity contribution in [1.82, 2.24) is 4.98 Å². The molecule has 0 fully saturated rings. The highest BCUT2D eigenvalue weighted by atomic mass is 35.5. The van der Waals surface area contributed by atoms with Gasteiger partial charge in [-0.05, 0) is 26.8 Å². The largest absolute Gasteiger partial charge is 0.380 e. The Morgan fingerprint density at radius 2 is 2.14 bits per heavy atom. The van der Waals surface area contributed by atoms with Gasteiger partial charge in [-0.1, -0.05) is 11.6 Å². The zero-order chi connectivity index (χ0) is 10.8. The minimum Gasteiger partial charge on any atom is -0.380 e. The minimum absolute atomic E-state index is 0.00535. The molecule has 1 aromatic heterocycles. The molecule has 0 bridgehead atoms. The highest BCUT2D eigenvalue weighted by molar-refractivity contribution is 6.29. The van der Waals surface area contributed by atoms with Crippen molar-refractivity contribution in [2.75, 3.05) is 5.32 Å². The Kier molecular flexibility index (Phi) is 3.34. The lowest BCUT2D eigenvalue weighted by atomic mass is 10.1. The van der Waals surface area contributed by atoms with E-state index in [1.165, 1.54) is 0 Å². The predicted molar refractivity (Wildman–Crippen MR) is 60.5 cm³/mol. The molecule has 0 aliphatic heterocycles. The molecule has 0 saturated heterocycles. The van der Waals surface area contributed by atoms with Crippen molar-refractivity contribution in [3.8, 4) is 0 Å². The van der Waals surface area contributed by atoms with E-state index in [0.717, 1.165) is 11.3 Å². The number of pyridine rings is 1. The first kappa shape index (κ1) is 11.3. The maximum atomic E-state index is 5.81. The molecule has 0 saturated carbocycles. The maximum Gasteiger partial charge on any atom is 0.131 e. The first-order valence-electron chi connectivity index (χ1n) is 4.55. The van der Waals surface area contributed by atoms with Crippen molar-refractivity contribution in [3.05, 3.63) is 23.0 Å². The number of aromatic nitrogens is 1. The Labute approximate surface area is 89.7 Å². The van der Waals surface area contributed by atoms with Crippen molar-refractivity contribution in [2.45, 2.75) is 32.9 Å². The number of nitrogens with zero attached hydrogens (tertiary/aromatic N) is 1. The molecule has 78 valence electrons. The number of halogens is 1. The zero-order valence-corrected chi connectivity index (χ0v) is 9.52. The number of nitrogens with one attached hydrogen (secondary N) is 1. The van der Waals surface area contributed by atoms with Crippen LogP contribution < -0.4 is 11.1 Å². The molecule has 4 heteroatoms. The van der Waals surface area contributed by atoms with E-state index in [4.69, 9.17) is 17.3 Å². The van der Waals surface area contributed by atoms with Gasteiger partial charge in [-0.25, -0.2) is 4.98 Å². The number of nitrogens with two attached hydrogens (primary N) is 1. The number of hydrogen-bond acceptors (Lipinski definition) is 3. The molecule has 0 radical (unpaired) electrons. The molecule has 0 amide bonds. The number of anilines is 1. The van der Waals surface area contributed by atoms with Gasteiger partial charge in [0.05, 0.1) is 0 Å². The fourth-order valence-corrected chi connectivity index (χ4v) is 1.30. The Balaban J connectivity index is 2.99. The van der Waals surface area contributed by atoms with Gasteiger partial charge < -0.3 is 11.1 Å². The summed E-state index contributed by atoms with van der Waals surface area (Å²) in [5.74, 6) is 0. The summed E-state index contributed by atoms with van der Waals surface area (Å²) in [4.78, 5) is 3.99. The van der Waals surface area contributed by atoms with Crippen molar-refractivity contribution in [1.29, 1.82) is 0 Å². The summed E-state index contributed by atoms with van der Waals surface area (Å²) in [6.07, 6.45) is 1.70. The van der Waals surface area contributed by atoms with Crippen LogP contribution in [-0.2, 0) is 6.54 Å². The van der Waals surface area contributed by atoms with Gasteiger partial charge in [-0.15, -0.1) is 0 Å². The van der Waals surface area contributed by atoms with Gasteiger partial charge in [-0.2, -0.15) is 0 Å². The van der Waals surface area contributed by atoms with Crippen LogP contribution in [0.4, 0.5) is 5.69 Å². The lowest BCUT2D eigenvalue weighted by molar-refractivity contribution is 0.632. The Hall–Kier alpha value is -0.800. The van der Waals surface area contributed by atoms with Gasteiger partial charge in [0.1, 0.15) is 5.15 Å². The van der Waals surface area contributed by atoms with Crippen molar-refractivity contribution in [2.24, 2.45) is 5.73 Å². The molecule has 3 N–H and O–H groups in total. The Morgan fingerprint density at radius 1 is 1.50 bits per heavy atom. The van der Waals surface area contributed by atoms with Crippen molar-refractivity contribution in [3.63, 3.8) is 0 Å². The molecule has 0 aromatic carbocycles. The van der Waals surface area contributed by atoms with Crippen LogP contribution in [0.15, 0.2) is 12.3 Å². The highest BCUT2D eigenvalue weighted by Crippen LogP contribution is 2.21. The fourth-order valence-electron chi connectivity index (χ4n) is 1.14. The molecule has 0 unspecified atom stereocenters. The Bertz CT molecular complexity index is 318. The monoisotopic (exact) mass is 213 g/mol. The molecule has 1 rings (SSSR count). The zero-order valence-electron chi connectivity index (χ0n) is 8.76. The molecule has 0 aliphatic rings. The average molecular weight is 214 g/mol. The molecule has 14 heavy (non-hydrogen) atoms. The normalized spacial score (nSPS) is 11.5. The lowest BCUT2D eigenvalue weighted by Crippen LogP contribution is -2.27. The van der Waals surface area contributed by atoms with E-state index in [1.807, 2.05) is 0 Å². The first-order valence-corrected chi connectivity index (χ1v) is 4.93. The quantitative estimate of drug-likeness (QED) is 0.742. The summed E-state index contributed by atoms with van der Waals surface area (Å²) < 4.78 is 0. The molecular weight excluding hydrogens is 198 g/mol. The van der Waals surface area contributed by atoms with Crippen LogP contribution in [0, 0.1) is 0 Å². The van der Waals surface area contributed by atoms with Gasteiger partial charge in [0, 0.05) is 29.5 Å². The number of rotatable bonds is 2. The maximum absolute atomic E-state index is 5.81.